The van der Waals surface area contributed by atoms with Crippen molar-refractivity contribution in [3.8, 4) is 0 Å². The van der Waals surface area contributed by atoms with Crippen molar-refractivity contribution in [3.63, 3.8) is 0 Å². The summed E-state index contributed by atoms with van der Waals surface area (Å²) in [7, 11) is 0. The third-order valence-corrected chi connectivity index (χ3v) is 3.97. The summed E-state index contributed by atoms with van der Waals surface area (Å²) in [6, 6.07) is 11.4. The zero-order valence-corrected chi connectivity index (χ0v) is 13.4. The molecule has 0 saturated carbocycles. The number of aromatic amines is 1. The second-order valence-corrected chi connectivity index (χ2v) is 5.76. The first-order valence-electron chi connectivity index (χ1n) is 7.39. The van der Waals surface area contributed by atoms with Crippen LogP contribution < -0.4 is 5.32 Å². The van der Waals surface area contributed by atoms with Gasteiger partial charge >= 0.3 is 0 Å². The highest BCUT2D eigenvalue weighted by Gasteiger charge is 2.19. The van der Waals surface area contributed by atoms with Crippen LogP contribution in [0.4, 0.5) is 4.39 Å². The lowest BCUT2D eigenvalue weighted by Crippen LogP contribution is -2.32. The lowest BCUT2D eigenvalue weighted by atomic mass is 10.1. The van der Waals surface area contributed by atoms with Crippen molar-refractivity contribution in [1.29, 1.82) is 0 Å². The molecule has 0 atom stereocenters. The number of halogens is 2. The maximum absolute atomic E-state index is 13.5. The highest BCUT2D eigenvalue weighted by Crippen LogP contribution is 2.22. The quantitative estimate of drug-likeness (QED) is 0.549. The number of carbonyl (C=O) groups excluding carboxylic acids is 2. The number of H-pyrrole nitrogens is 1. The van der Waals surface area contributed by atoms with E-state index in [1.807, 2.05) is 0 Å². The van der Waals surface area contributed by atoms with Crippen LogP contribution in [0.1, 0.15) is 15.9 Å². The van der Waals surface area contributed by atoms with Gasteiger partial charge in [-0.25, -0.2) is 4.39 Å². The molecule has 0 aliphatic rings. The number of hydrogen-bond acceptors (Lipinski definition) is 2. The first-order valence-corrected chi connectivity index (χ1v) is 7.76. The fourth-order valence-electron chi connectivity index (χ4n) is 2.50. The Morgan fingerprint density at radius 3 is 2.75 bits per heavy atom. The Hall–Kier alpha value is -2.66. The molecule has 2 N–H and O–H groups in total. The van der Waals surface area contributed by atoms with Crippen LogP contribution in [0.15, 0.2) is 48.7 Å². The summed E-state index contributed by atoms with van der Waals surface area (Å²) in [6.45, 7) is 0.175. The standard InChI is InChI=1S/C18H14ClFN2O2/c19-12-5-6-16-13(9-12)14(10-22-16)17(23)18(24)21-8-7-11-3-1-2-4-15(11)20/h1-6,9-10,22H,7-8H2,(H,21,24). The molecule has 4 nitrogen and oxygen atoms in total. The molecule has 24 heavy (non-hydrogen) atoms. The van der Waals surface area contributed by atoms with E-state index in [0.29, 0.717) is 22.4 Å². The number of benzene rings is 2. The lowest BCUT2D eigenvalue weighted by molar-refractivity contribution is -0.116. The van der Waals surface area contributed by atoms with Crippen LogP contribution in [0.25, 0.3) is 10.9 Å². The Labute approximate surface area is 142 Å². The van der Waals surface area contributed by atoms with Crippen LogP contribution in [-0.2, 0) is 11.2 Å². The van der Waals surface area contributed by atoms with Gasteiger partial charge in [0, 0.05) is 28.7 Å². The molecule has 0 unspecified atom stereocenters. The fraction of sp³-hybridized carbons (Fsp3) is 0.111. The van der Waals surface area contributed by atoms with E-state index in [2.05, 4.69) is 10.3 Å². The predicted molar refractivity (Wildman–Crippen MR) is 90.8 cm³/mol. The molecule has 0 aliphatic carbocycles. The van der Waals surface area contributed by atoms with E-state index in [4.69, 9.17) is 11.6 Å². The zero-order valence-electron chi connectivity index (χ0n) is 12.6. The summed E-state index contributed by atoms with van der Waals surface area (Å²) in [5, 5.41) is 3.60. The fourth-order valence-corrected chi connectivity index (χ4v) is 2.67. The van der Waals surface area contributed by atoms with Crippen molar-refractivity contribution < 1.29 is 14.0 Å². The van der Waals surface area contributed by atoms with Crippen LogP contribution >= 0.6 is 11.6 Å². The molecule has 0 bridgehead atoms. The molecule has 0 fully saturated rings. The summed E-state index contributed by atoms with van der Waals surface area (Å²) in [5.74, 6) is -1.71. The van der Waals surface area contributed by atoms with Gasteiger partial charge in [-0.1, -0.05) is 29.8 Å². The number of Topliss-reactive ketones (excluding diaryl/α,β-unsaturated/α-hetero) is 1. The molecule has 0 aliphatic heterocycles. The summed E-state index contributed by atoms with van der Waals surface area (Å²) >= 11 is 5.94. The summed E-state index contributed by atoms with van der Waals surface area (Å²) in [5.41, 5.74) is 1.47. The molecule has 3 aromatic rings. The number of aromatic nitrogens is 1. The number of nitrogens with one attached hydrogen (secondary N) is 2. The molecule has 6 heteroatoms. The van der Waals surface area contributed by atoms with E-state index in [1.165, 1.54) is 12.3 Å². The van der Waals surface area contributed by atoms with Gasteiger partial charge in [0.25, 0.3) is 11.7 Å². The van der Waals surface area contributed by atoms with Crippen molar-refractivity contribution in [1.82, 2.24) is 10.3 Å². The van der Waals surface area contributed by atoms with Crippen molar-refractivity contribution in [3.05, 3.63) is 70.6 Å². The topological polar surface area (TPSA) is 62.0 Å². The lowest BCUT2D eigenvalue weighted by Gasteiger charge is -2.05. The molecular formula is C18H14ClFN2O2. The number of ketones is 1. The minimum Gasteiger partial charge on any atom is -0.360 e. The number of rotatable bonds is 5. The number of hydrogen-bond donors (Lipinski definition) is 2. The molecule has 1 amide bonds. The largest absolute Gasteiger partial charge is 0.360 e. The molecule has 122 valence electrons. The molecule has 1 heterocycles. The Morgan fingerprint density at radius 2 is 1.96 bits per heavy atom. The number of amides is 1. The first-order chi connectivity index (χ1) is 11.6. The van der Waals surface area contributed by atoms with Gasteiger partial charge < -0.3 is 10.3 Å². The minimum atomic E-state index is -0.729. The third kappa shape index (κ3) is 3.31. The number of fused-ring (bicyclic) bond motifs is 1. The van der Waals surface area contributed by atoms with Crippen LogP contribution in [0.2, 0.25) is 5.02 Å². The Balaban J connectivity index is 1.67. The molecule has 2 aromatic carbocycles. The summed E-state index contributed by atoms with van der Waals surface area (Å²) in [4.78, 5) is 27.3. The predicted octanol–water partition coefficient (Wildman–Crippen LogP) is 3.50. The van der Waals surface area contributed by atoms with E-state index in [9.17, 15) is 14.0 Å². The van der Waals surface area contributed by atoms with Gasteiger partial charge in [0.05, 0.1) is 5.56 Å². The van der Waals surface area contributed by atoms with Gasteiger partial charge in [-0.05, 0) is 36.2 Å². The molecular weight excluding hydrogens is 331 g/mol. The highest BCUT2D eigenvalue weighted by molar-refractivity contribution is 6.45. The van der Waals surface area contributed by atoms with E-state index >= 15 is 0 Å². The summed E-state index contributed by atoms with van der Waals surface area (Å²) in [6.07, 6.45) is 1.80. The zero-order chi connectivity index (χ0) is 17.1. The van der Waals surface area contributed by atoms with Crippen LogP contribution in [0, 0.1) is 5.82 Å². The van der Waals surface area contributed by atoms with Crippen molar-refractivity contribution in [2.75, 3.05) is 6.54 Å². The Kier molecular flexibility index (Phi) is 4.62. The van der Waals surface area contributed by atoms with Crippen molar-refractivity contribution in [2.45, 2.75) is 6.42 Å². The third-order valence-electron chi connectivity index (χ3n) is 3.73. The number of carbonyl (C=O) groups is 2. The SMILES string of the molecule is O=C(NCCc1ccccc1F)C(=O)c1c[nH]c2ccc(Cl)cc12. The first kappa shape index (κ1) is 16.2. The summed E-state index contributed by atoms with van der Waals surface area (Å²) < 4.78 is 13.5. The van der Waals surface area contributed by atoms with Gasteiger partial charge in [0.1, 0.15) is 5.82 Å². The van der Waals surface area contributed by atoms with Crippen LogP contribution in [-0.4, -0.2) is 23.2 Å². The van der Waals surface area contributed by atoms with E-state index in [1.54, 1.807) is 36.4 Å². The van der Waals surface area contributed by atoms with E-state index in [0.717, 1.165) is 5.52 Å². The minimum absolute atomic E-state index is 0.175. The van der Waals surface area contributed by atoms with Gasteiger partial charge in [-0.2, -0.15) is 0 Å². The van der Waals surface area contributed by atoms with Crippen LogP contribution in [0.3, 0.4) is 0 Å². The normalized spacial score (nSPS) is 10.8. The Morgan fingerprint density at radius 1 is 1.17 bits per heavy atom. The molecule has 3 rings (SSSR count). The monoisotopic (exact) mass is 344 g/mol. The maximum atomic E-state index is 13.5. The van der Waals surface area contributed by atoms with E-state index in [-0.39, 0.29) is 17.9 Å². The highest BCUT2D eigenvalue weighted by atomic mass is 35.5. The Bertz CT molecular complexity index is 920. The van der Waals surface area contributed by atoms with Gasteiger partial charge in [-0.3, -0.25) is 9.59 Å². The van der Waals surface area contributed by atoms with Crippen LogP contribution in [0.5, 0.6) is 0 Å². The smallest absolute Gasteiger partial charge is 0.292 e. The average Bonchev–Trinajstić information content (AvgIpc) is 2.98. The van der Waals surface area contributed by atoms with Gasteiger partial charge in [0.2, 0.25) is 0 Å². The van der Waals surface area contributed by atoms with Gasteiger partial charge in [0.15, 0.2) is 0 Å². The molecule has 1 aromatic heterocycles. The maximum Gasteiger partial charge on any atom is 0.292 e. The van der Waals surface area contributed by atoms with Gasteiger partial charge in [-0.15, -0.1) is 0 Å². The second-order valence-electron chi connectivity index (χ2n) is 5.32. The molecule has 0 radical (unpaired) electrons. The molecule has 0 saturated heterocycles. The van der Waals surface area contributed by atoms with Crippen molar-refractivity contribution >= 4 is 34.2 Å². The second kappa shape index (κ2) is 6.84. The van der Waals surface area contributed by atoms with Crippen molar-refractivity contribution in [2.24, 2.45) is 0 Å². The van der Waals surface area contributed by atoms with E-state index < -0.39 is 11.7 Å². The average molecular weight is 345 g/mol. The molecule has 0 spiro atoms.